The van der Waals surface area contributed by atoms with Crippen molar-refractivity contribution in [2.24, 2.45) is 0 Å². The fourth-order valence-electron chi connectivity index (χ4n) is 3.54. The fourth-order valence-corrected chi connectivity index (χ4v) is 3.68. The molecule has 3 N–H and O–H groups in total. The van der Waals surface area contributed by atoms with Gasteiger partial charge in [0.1, 0.15) is 34.3 Å². The zero-order valence-corrected chi connectivity index (χ0v) is 19.0. The number of thiocarbonyl (C=S) groups is 1. The van der Waals surface area contributed by atoms with Crippen molar-refractivity contribution < 1.29 is 28.6 Å². The molecule has 8 nitrogen and oxygen atoms in total. The number of nitrogens with one attached hydrogen (secondary N) is 2. The summed E-state index contributed by atoms with van der Waals surface area (Å²) in [6, 6.07) is 14.2. The number of ether oxygens (including phenoxy) is 3. The highest BCUT2D eigenvalue weighted by molar-refractivity contribution is 7.80. The largest absolute Gasteiger partial charge is 0.490 e. The van der Waals surface area contributed by atoms with Crippen LogP contribution in [0.4, 0.5) is 0 Å². The minimum Gasteiger partial charge on any atom is -0.490 e. The van der Waals surface area contributed by atoms with Gasteiger partial charge in [-0.3, -0.25) is 15.5 Å². The van der Waals surface area contributed by atoms with Crippen LogP contribution in [0.1, 0.15) is 35.9 Å². The molecule has 1 saturated heterocycles. The van der Waals surface area contributed by atoms with Crippen molar-refractivity contribution in [2.75, 3.05) is 19.8 Å². The van der Waals surface area contributed by atoms with Gasteiger partial charge in [-0.1, -0.05) is 12.2 Å². The van der Waals surface area contributed by atoms with Gasteiger partial charge >= 0.3 is 0 Å². The van der Waals surface area contributed by atoms with Gasteiger partial charge in [0.25, 0.3) is 5.91 Å². The van der Waals surface area contributed by atoms with Crippen molar-refractivity contribution in [1.29, 1.82) is 0 Å². The van der Waals surface area contributed by atoms with Crippen LogP contribution in [-0.4, -0.2) is 48.1 Å². The van der Waals surface area contributed by atoms with E-state index >= 15 is 0 Å². The Bertz CT molecular complexity index is 1110. The smallest absolute Gasteiger partial charge is 0.287 e. The second kappa shape index (κ2) is 10.7. The summed E-state index contributed by atoms with van der Waals surface area (Å²) in [5.74, 6) is 1.30. The molecule has 0 spiro atoms. The molecule has 0 radical (unpaired) electrons. The van der Waals surface area contributed by atoms with Crippen LogP contribution in [0, 0.1) is 0 Å². The van der Waals surface area contributed by atoms with Crippen LogP contribution in [0.2, 0.25) is 0 Å². The summed E-state index contributed by atoms with van der Waals surface area (Å²) < 4.78 is 22.9. The Balaban J connectivity index is 1.31. The topological polar surface area (TPSA) is 102 Å². The highest BCUT2D eigenvalue weighted by atomic mass is 32.1. The van der Waals surface area contributed by atoms with Gasteiger partial charge in [-0.2, -0.15) is 0 Å². The Hall–Kier alpha value is -3.14. The zero-order chi connectivity index (χ0) is 23.2. The van der Waals surface area contributed by atoms with E-state index in [1.165, 1.54) is 0 Å². The van der Waals surface area contributed by atoms with E-state index in [9.17, 15) is 4.79 Å². The van der Waals surface area contributed by atoms with Gasteiger partial charge in [-0.05, 0) is 55.5 Å². The standard InChI is InChI=1S/C24H26N2O6S/c1-15(30-18-4-2-16(3-5-18)24(33)26-28)14-25-23(27)22-13-17-12-20(6-7-21(17)32-22)31-19-8-10-29-11-9-19/h2-7,12-13,15,19,28H,8-11,14H2,1H3,(H,25,27)(H,26,33)/t15-/m1/s1. The number of carbonyl (C=O) groups excluding carboxylic acids is 1. The first-order chi connectivity index (χ1) is 16.0. The molecule has 3 aromatic rings. The first-order valence-electron chi connectivity index (χ1n) is 10.8. The average Bonchev–Trinajstić information content (AvgIpc) is 3.27. The number of amides is 1. The molecule has 2 aromatic carbocycles. The molecule has 0 saturated carbocycles. The first kappa shape index (κ1) is 23.0. The van der Waals surface area contributed by atoms with E-state index in [4.69, 9.17) is 36.1 Å². The normalized spacial score (nSPS) is 15.1. The van der Waals surface area contributed by atoms with E-state index in [0.29, 0.717) is 36.7 Å². The van der Waals surface area contributed by atoms with Gasteiger partial charge < -0.3 is 23.9 Å². The van der Waals surface area contributed by atoms with E-state index in [2.05, 4.69) is 5.32 Å². The van der Waals surface area contributed by atoms with Crippen LogP contribution in [0.3, 0.4) is 0 Å². The maximum absolute atomic E-state index is 12.6. The molecule has 0 bridgehead atoms. The van der Waals surface area contributed by atoms with Crippen molar-refractivity contribution in [3.63, 3.8) is 0 Å². The molecule has 1 aliphatic rings. The summed E-state index contributed by atoms with van der Waals surface area (Å²) in [6.07, 6.45) is 1.61. The lowest BCUT2D eigenvalue weighted by Crippen LogP contribution is -2.33. The summed E-state index contributed by atoms with van der Waals surface area (Å²) >= 11 is 4.97. The molecule has 1 aromatic heterocycles. The number of rotatable bonds is 8. The van der Waals surface area contributed by atoms with Crippen molar-refractivity contribution in [1.82, 2.24) is 10.8 Å². The summed E-state index contributed by atoms with van der Waals surface area (Å²) in [5, 5.41) is 12.5. The average molecular weight is 471 g/mol. The Kier molecular flexibility index (Phi) is 7.43. The number of benzene rings is 2. The van der Waals surface area contributed by atoms with Crippen molar-refractivity contribution >= 4 is 34.1 Å². The van der Waals surface area contributed by atoms with Gasteiger partial charge in [0.15, 0.2) is 5.76 Å². The molecule has 33 heavy (non-hydrogen) atoms. The van der Waals surface area contributed by atoms with E-state index < -0.39 is 0 Å². The van der Waals surface area contributed by atoms with Crippen LogP contribution >= 0.6 is 12.2 Å². The minimum absolute atomic E-state index is 0.145. The summed E-state index contributed by atoms with van der Waals surface area (Å²) in [4.78, 5) is 12.8. The Labute approximate surface area is 196 Å². The van der Waals surface area contributed by atoms with Crippen molar-refractivity contribution in [3.8, 4) is 11.5 Å². The van der Waals surface area contributed by atoms with E-state index in [-0.39, 0.29) is 28.9 Å². The summed E-state index contributed by atoms with van der Waals surface area (Å²) in [6.45, 7) is 3.58. The molecule has 9 heteroatoms. The monoisotopic (exact) mass is 470 g/mol. The summed E-state index contributed by atoms with van der Waals surface area (Å²) in [5.41, 5.74) is 3.24. The number of hydrogen-bond donors (Lipinski definition) is 3. The molecule has 1 fully saturated rings. The summed E-state index contributed by atoms with van der Waals surface area (Å²) in [7, 11) is 0. The third-order valence-electron chi connectivity index (χ3n) is 5.29. The maximum Gasteiger partial charge on any atom is 0.287 e. The van der Waals surface area contributed by atoms with Gasteiger partial charge in [-0.25, -0.2) is 0 Å². The van der Waals surface area contributed by atoms with Crippen LogP contribution < -0.4 is 20.3 Å². The highest BCUT2D eigenvalue weighted by Gasteiger charge is 2.17. The van der Waals surface area contributed by atoms with Crippen molar-refractivity contribution in [2.45, 2.75) is 32.0 Å². The second-order valence-electron chi connectivity index (χ2n) is 7.84. The highest BCUT2D eigenvalue weighted by Crippen LogP contribution is 2.26. The molecule has 1 amide bonds. The maximum atomic E-state index is 12.6. The SMILES string of the molecule is C[C@H](CNC(=O)c1cc2cc(OC3CCOCC3)ccc2o1)Oc1ccc(C(=S)NO)cc1. The Morgan fingerprint density at radius 1 is 1.15 bits per heavy atom. The van der Waals surface area contributed by atoms with Crippen molar-refractivity contribution in [3.05, 3.63) is 59.9 Å². The lowest BCUT2D eigenvalue weighted by atomic mass is 10.1. The van der Waals surface area contributed by atoms with E-state index in [1.54, 1.807) is 30.3 Å². The molecular weight excluding hydrogens is 444 g/mol. The van der Waals surface area contributed by atoms with Crippen LogP contribution in [0.15, 0.2) is 52.9 Å². The molecule has 1 aliphatic heterocycles. The molecule has 174 valence electrons. The van der Waals surface area contributed by atoms with Crippen LogP contribution in [0.5, 0.6) is 11.5 Å². The van der Waals surface area contributed by atoms with Gasteiger partial charge in [0.05, 0.1) is 19.8 Å². The quantitative estimate of drug-likeness (QED) is 0.337. The second-order valence-corrected chi connectivity index (χ2v) is 8.25. The predicted octanol–water partition coefficient (Wildman–Crippen LogP) is 3.84. The third-order valence-corrected chi connectivity index (χ3v) is 5.62. The Morgan fingerprint density at radius 2 is 1.88 bits per heavy atom. The number of hydroxylamine groups is 1. The molecule has 1 atom stereocenters. The lowest BCUT2D eigenvalue weighted by Gasteiger charge is -2.23. The van der Waals surface area contributed by atoms with Gasteiger partial charge in [0.2, 0.25) is 0 Å². The van der Waals surface area contributed by atoms with Crippen LogP contribution in [-0.2, 0) is 4.74 Å². The van der Waals surface area contributed by atoms with Gasteiger partial charge in [0, 0.05) is 23.8 Å². The fraction of sp³-hybridized carbons (Fsp3) is 0.333. The minimum atomic E-state index is -0.316. The zero-order valence-electron chi connectivity index (χ0n) is 18.2. The molecular formula is C24H26N2O6S. The number of fused-ring (bicyclic) bond motifs is 1. The molecule has 2 heterocycles. The van der Waals surface area contributed by atoms with Gasteiger partial charge in [-0.15, -0.1) is 0 Å². The third kappa shape index (κ3) is 6.01. The Morgan fingerprint density at radius 3 is 2.61 bits per heavy atom. The molecule has 4 rings (SSSR count). The van der Waals surface area contributed by atoms with E-state index in [1.807, 2.05) is 30.6 Å². The first-order valence-corrected chi connectivity index (χ1v) is 11.2. The molecule has 0 aliphatic carbocycles. The lowest BCUT2D eigenvalue weighted by molar-refractivity contribution is 0.0256. The number of hydrogen-bond acceptors (Lipinski definition) is 7. The number of carbonyl (C=O) groups is 1. The number of furan rings is 1. The van der Waals surface area contributed by atoms with Crippen LogP contribution in [0.25, 0.3) is 11.0 Å². The van der Waals surface area contributed by atoms with E-state index in [0.717, 1.165) is 24.0 Å². The molecule has 0 unspecified atom stereocenters. The predicted molar refractivity (Wildman–Crippen MR) is 126 cm³/mol.